The van der Waals surface area contributed by atoms with Gasteiger partial charge in [-0.15, -0.1) is 0 Å². The van der Waals surface area contributed by atoms with Crippen LogP contribution in [0.4, 0.5) is 0 Å². The van der Waals surface area contributed by atoms with Gasteiger partial charge in [0, 0.05) is 13.6 Å². The van der Waals surface area contributed by atoms with Crippen molar-refractivity contribution in [2.24, 2.45) is 11.8 Å². The first-order valence-corrected chi connectivity index (χ1v) is 5.71. The van der Waals surface area contributed by atoms with Crippen LogP contribution in [0.5, 0.6) is 0 Å². The minimum Gasteiger partial charge on any atom is -0.480 e. The maximum Gasteiger partial charge on any atom is 0.320 e. The van der Waals surface area contributed by atoms with Crippen LogP contribution in [0, 0.1) is 11.8 Å². The fourth-order valence-corrected chi connectivity index (χ4v) is 2.64. The molecule has 2 amide bonds. The van der Waals surface area contributed by atoms with Crippen LogP contribution in [-0.4, -0.2) is 58.9 Å². The zero-order valence-corrected chi connectivity index (χ0v) is 9.92. The predicted octanol–water partition coefficient (Wildman–Crippen LogP) is -0.604. The Kier molecular flexibility index (Phi) is 2.91. The Hall–Kier alpha value is -1.43. The predicted molar refractivity (Wildman–Crippen MR) is 58.0 cm³/mol. The van der Waals surface area contributed by atoms with Crippen LogP contribution in [-0.2, 0) is 14.4 Å². The van der Waals surface area contributed by atoms with Crippen molar-refractivity contribution in [2.75, 3.05) is 20.1 Å². The first-order valence-electron chi connectivity index (χ1n) is 5.71. The Balaban J connectivity index is 2.12. The standard InChI is InChI=1S/C11H16N2O4/c1-6(11(16)17)13-4-3-7-8(5-13)10(15)12(2)9(7)14/h6-8H,3-5H2,1-2H3,(H,16,17)/t6-,7-,8-/m1/s1. The summed E-state index contributed by atoms with van der Waals surface area (Å²) in [7, 11) is 1.49. The smallest absolute Gasteiger partial charge is 0.320 e. The van der Waals surface area contributed by atoms with Gasteiger partial charge < -0.3 is 5.11 Å². The average Bonchev–Trinajstić information content (AvgIpc) is 2.53. The van der Waals surface area contributed by atoms with E-state index in [-0.39, 0.29) is 23.7 Å². The second kappa shape index (κ2) is 4.10. The quantitative estimate of drug-likeness (QED) is 0.652. The number of carboxylic acid groups (broad SMARTS) is 1. The van der Waals surface area contributed by atoms with Crippen LogP contribution < -0.4 is 0 Å². The molecule has 1 N–H and O–H groups in total. The van der Waals surface area contributed by atoms with Crippen LogP contribution in [0.1, 0.15) is 13.3 Å². The second-order valence-corrected chi connectivity index (χ2v) is 4.75. The fourth-order valence-electron chi connectivity index (χ4n) is 2.64. The van der Waals surface area contributed by atoms with E-state index in [9.17, 15) is 14.4 Å². The van der Waals surface area contributed by atoms with Crippen molar-refractivity contribution in [1.29, 1.82) is 0 Å². The molecule has 2 aliphatic heterocycles. The Morgan fingerprint density at radius 2 is 1.94 bits per heavy atom. The summed E-state index contributed by atoms with van der Waals surface area (Å²) in [6.07, 6.45) is 0.567. The number of nitrogens with zero attached hydrogens (tertiary/aromatic N) is 2. The topological polar surface area (TPSA) is 77.9 Å². The molecule has 0 aromatic carbocycles. The first-order chi connectivity index (χ1) is 7.93. The number of likely N-dealkylation sites (tertiary alicyclic amines) is 2. The van der Waals surface area contributed by atoms with Gasteiger partial charge in [0.1, 0.15) is 6.04 Å². The van der Waals surface area contributed by atoms with E-state index in [1.165, 1.54) is 11.9 Å². The van der Waals surface area contributed by atoms with E-state index in [4.69, 9.17) is 5.11 Å². The molecular weight excluding hydrogens is 224 g/mol. The number of fused-ring (bicyclic) bond motifs is 1. The van der Waals surface area contributed by atoms with Gasteiger partial charge in [-0.1, -0.05) is 0 Å². The Bertz CT molecular complexity index is 382. The minimum atomic E-state index is -0.895. The van der Waals surface area contributed by atoms with Crippen molar-refractivity contribution < 1.29 is 19.5 Å². The van der Waals surface area contributed by atoms with Crippen LogP contribution in [0.3, 0.4) is 0 Å². The van der Waals surface area contributed by atoms with Gasteiger partial charge in [-0.2, -0.15) is 0 Å². The van der Waals surface area contributed by atoms with Crippen molar-refractivity contribution in [3.8, 4) is 0 Å². The molecule has 2 saturated heterocycles. The molecule has 94 valence electrons. The molecule has 6 heteroatoms. The SMILES string of the molecule is C[C@H](C(=O)O)N1CC[C@H]2C(=O)N(C)C(=O)[C@@H]2C1. The number of hydrogen-bond acceptors (Lipinski definition) is 4. The molecular formula is C11H16N2O4. The number of imide groups is 1. The second-order valence-electron chi connectivity index (χ2n) is 4.75. The number of hydrogen-bond donors (Lipinski definition) is 1. The van der Waals surface area contributed by atoms with E-state index in [2.05, 4.69) is 0 Å². The van der Waals surface area contributed by atoms with E-state index in [1.54, 1.807) is 11.8 Å². The third-order valence-corrected chi connectivity index (χ3v) is 3.84. The Morgan fingerprint density at radius 1 is 1.35 bits per heavy atom. The lowest BCUT2D eigenvalue weighted by Crippen LogP contribution is -2.48. The van der Waals surface area contributed by atoms with E-state index >= 15 is 0 Å². The lowest BCUT2D eigenvalue weighted by molar-refractivity contribution is -0.144. The van der Waals surface area contributed by atoms with Crippen LogP contribution in [0.25, 0.3) is 0 Å². The molecule has 3 atom stereocenters. The molecule has 2 rings (SSSR count). The summed E-state index contributed by atoms with van der Waals surface area (Å²) < 4.78 is 0. The number of carboxylic acids is 1. The van der Waals surface area contributed by atoms with E-state index in [0.717, 1.165) is 0 Å². The zero-order valence-electron chi connectivity index (χ0n) is 9.92. The van der Waals surface area contributed by atoms with Gasteiger partial charge in [-0.25, -0.2) is 0 Å². The summed E-state index contributed by atoms with van der Waals surface area (Å²) in [5.74, 6) is -1.80. The summed E-state index contributed by atoms with van der Waals surface area (Å²) in [5.41, 5.74) is 0. The van der Waals surface area contributed by atoms with Crippen molar-refractivity contribution in [3.63, 3.8) is 0 Å². The van der Waals surface area contributed by atoms with Gasteiger partial charge in [-0.3, -0.25) is 24.2 Å². The molecule has 2 heterocycles. The lowest BCUT2D eigenvalue weighted by Gasteiger charge is -2.34. The average molecular weight is 240 g/mol. The highest BCUT2D eigenvalue weighted by atomic mass is 16.4. The molecule has 0 bridgehead atoms. The Morgan fingerprint density at radius 3 is 2.53 bits per heavy atom. The van der Waals surface area contributed by atoms with E-state index in [0.29, 0.717) is 19.5 Å². The molecule has 0 unspecified atom stereocenters. The number of piperidine rings is 1. The third-order valence-electron chi connectivity index (χ3n) is 3.84. The van der Waals surface area contributed by atoms with Gasteiger partial charge >= 0.3 is 5.97 Å². The molecule has 0 aromatic rings. The van der Waals surface area contributed by atoms with Crippen LogP contribution >= 0.6 is 0 Å². The summed E-state index contributed by atoms with van der Waals surface area (Å²) in [4.78, 5) is 37.4. The molecule has 17 heavy (non-hydrogen) atoms. The van der Waals surface area contributed by atoms with Gasteiger partial charge in [0.2, 0.25) is 11.8 Å². The third kappa shape index (κ3) is 1.82. The summed E-state index contributed by atoms with van der Waals surface area (Å²) >= 11 is 0. The lowest BCUT2D eigenvalue weighted by atomic mass is 9.87. The highest BCUT2D eigenvalue weighted by Crippen LogP contribution is 2.33. The highest BCUT2D eigenvalue weighted by Gasteiger charge is 2.49. The van der Waals surface area contributed by atoms with Gasteiger partial charge in [0.05, 0.1) is 11.8 Å². The van der Waals surface area contributed by atoms with Crippen LogP contribution in [0.2, 0.25) is 0 Å². The number of carbonyl (C=O) groups excluding carboxylic acids is 2. The van der Waals surface area contributed by atoms with Gasteiger partial charge in [0.25, 0.3) is 0 Å². The molecule has 0 spiro atoms. The molecule has 0 saturated carbocycles. The summed E-state index contributed by atoms with van der Waals surface area (Å²) in [5, 5.41) is 8.94. The van der Waals surface area contributed by atoms with E-state index < -0.39 is 12.0 Å². The maximum atomic E-state index is 11.8. The van der Waals surface area contributed by atoms with Crippen molar-refractivity contribution in [2.45, 2.75) is 19.4 Å². The maximum absolute atomic E-state index is 11.8. The number of carbonyl (C=O) groups is 3. The van der Waals surface area contributed by atoms with Gasteiger partial charge in [0.15, 0.2) is 0 Å². The largest absolute Gasteiger partial charge is 0.480 e. The van der Waals surface area contributed by atoms with Crippen molar-refractivity contribution in [1.82, 2.24) is 9.80 Å². The zero-order chi connectivity index (χ0) is 12.7. The van der Waals surface area contributed by atoms with Gasteiger partial charge in [-0.05, 0) is 19.9 Å². The molecule has 0 radical (unpaired) electrons. The number of rotatable bonds is 2. The molecule has 2 fully saturated rings. The minimum absolute atomic E-state index is 0.123. The summed E-state index contributed by atoms with van der Waals surface area (Å²) in [6.45, 7) is 2.53. The van der Waals surface area contributed by atoms with Crippen molar-refractivity contribution in [3.05, 3.63) is 0 Å². The molecule has 0 aliphatic carbocycles. The highest BCUT2D eigenvalue weighted by molar-refractivity contribution is 6.05. The molecule has 0 aromatic heterocycles. The summed E-state index contributed by atoms with van der Waals surface area (Å²) in [6, 6.07) is -0.607. The number of aliphatic carboxylic acids is 1. The molecule has 6 nitrogen and oxygen atoms in total. The first kappa shape index (κ1) is 12.0. The van der Waals surface area contributed by atoms with E-state index in [1.807, 2.05) is 0 Å². The number of amides is 2. The van der Waals surface area contributed by atoms with Crippen LogP contribution in [0.15, 0.2) is 0 Å². The normalized spacial score (nSPS) is 31.5. The monoisotopic (exact) mass is 240 g/mol. The van der Waals surface area contributed by atoms with Crippen molar-refractivity contribution >= 4 is 17.8 Å². The Labute approximate surface area is 99.2 Å². The fraction of sp³-hybridized carbons (Fsp3) is 0.727. The molecule has 2 aliphatic rings.